The van der Waals surface area contributed by atoms with Crippen LogP contribution in [0.1, 0.15) is 61.4 Å². The van der Waals surface area contributed by atoms with Gasteiger partial charge in [0.2, 0.25) is 11.8 Å². The summed E-state index contributed by atoms with van der Waals surface area (Å²) in [4.78, 5) is 4.44. The number of hydrogen-bond acceptors (Lipinski definition) is 5. The number of allylic oxidation sites excluding steroid dienone is 1. The van der Waals surface area contributed by atoms with Crippen molar-refractivity contribution in [3.8, 4) is 5.88 Å². The van der Waals surface area contributed by atoms with E-state index in [1.807, 2.05) is 7.05 Å². The molecule has 220 valence electrons. The number of pyridine rings is 1. The Balaban J connectivity index is 1.46. The third-order valence-electron chi connectivity index (χ3n) is 8.08. The van der Waals surface area contributed by atoms with Gasteiger partial charge in [0, 0.05) is 24.4 Å². The molecule has 1 N–H and O–H groups in total. The lowest BCUT2D eigenvalue weighted by Crippen LogP contribution is -2.33. The predicted octanol–water partition coefficient (Wildman–Crippen LogP) is 7.31. The van der Waals surface area contributed by atoms with Crippen molar-refractivity contribution in [3.63, 3.8) is 0 Å². The Morgan fingerprint density at radius 2 is 1.83 bits per heavy atom. The maximum absolute atomic E-state index is 15.3. The van der Waals surface area contributed by atoms with E-state index in [-0.39, 0.29) is 22.7 Å². The van der Waals surface area contributed by atoms with Crippen LogP contribution in [0.3, 0.4) is 0 Å². The molecule has 1 aliphatic carbocycles. The number of alkyl halides is 3. The molecule has 2 aliphatic rings. The molecule has 10 heteroatoms. The minimum Gasteiger partial charge on any atom is -0.476 e. The number of nitrogens with zero attached hydrogens (tertiary/aromatic N) is 3. The van der Waals surface area contributed by atoms with Crippen LogP contribution in [0.5, 0.6) is 5.88 Å². The van der Waals surface area contributed by atoms with E-state index in [1.54, 1.807) is 60.7 Å². The van der Waals surface area contributed by atoms with Crippen LogP contribution in [0.15, 0.2) is 66.9 Å². The molecule has 1 saturated carbocycles. The van der Waals surface area contributed by atoms with Gasteiger partial charge in [0.15, 0.2) is 6.23 Å². The number of benzene rings is 2. The molecule has 1 aliphatic heterocycles. The van der Waals surface area contributed by atoms with Crippen molar-refractivity contribution < 1.29 is 27.0 Å². The summed E-state index contributed by atoms with van der Waals surface area (Å²) in [5.74, 6) is -0.315. The molecule has 42 heavy (non-hydrogen) atoms. The summed E-state index contributed by atoms with van der Waals surface area (Å²) in [6, 6.07) is 16.8. The Labute approximate surface area is 241 Å². The molecule has 4 aromatic rings. The Morgan fingerprint density at radius 1 is 1.05 bits per heavy atom. The zero-order valence-corrected chi connectivity index (χ0v) is 23.3. The molecule has 0 spiro atoms. The van der Waals surface area contributed by atoms with Gasteiger partial charge in [-0.05, 0) is 79.6 Å². The Bertz CT molecular complexity index is 1570. The van der Waals surface area contributed by atoms with Crippen LogP contribution in [-0.4, -0.2) is 46.7 Å². The largest absolute Gasteiger partial charge is 0.476 e. The van der Waals surface area contributed by atoms with Crippen LogP contribution < -0.4 is 10.1 Å². The molecule has 1 atom stereocenters. The monoisotopic (exact) mass is 580 g/mol. The van der Waals surface area contributed by atoms with E-state index in [0.29, 0.717) is 53.3 Å². The molecule has 3 heterocycles. The number of nitrogens with one attached hydrogen (secondary N) is 1. The zero-order valence-electron chi connectivity index (χ0n) is 23.3. The van der Waals surface area contributed by atoms with Crippen molar-refractivity contribution in [2.75, 3.05) is 20.3 Å². The third kappa shape index (κ3) is 6.05. The third-order valence-corrected chi connectivity index (χ3v) is 8.08. The van der Waals surface area contributed by atoms with Gasteiger partial charge in [0.1, 0.15) is 6.61 Å². The summed E-state index contributed by atoms with van der Waals surface area (Å²) in [7, 11) is 1.89. The molecule has 0 radical (unpaired) electrons. The van der Waals surface area contributed by atoms with Crippen LogP contribution in [0.4, 0.5) is 17.6 Å². The first-order valence-electron chi connectivity index (χ1n) is 14.2. The fourth-order valence-corrected chi connectivity index (χ4v) is 5.53. The minimum absolute atomic E-state index is 0.0504. The quantitative estimate of drug-likeness (QED) is 0.166. The molecular formula is C32H32F4N4O2. The van der Waals surface area contributed by atoms with E-state index < -0.39 is 18.5 Å². The highest BCUT2D eigenvalue weighted by Gasteiger charge is 2.42. The van der Waals surface area contributed by atoms with Gasteiger partial charge >= 0.3 is 6.18 Å². The molecule has 0 bridgehead atoms. The normalized spacial score (nSPS) is 19.0. The van der Waals surface area contributed by atoms with E-state index in [1.165, 1.54) is 10.9 Å². The van der Waals surface area contributed by atoms with Gasteiger partial charge in [0.05, 0.1) is 22.9 Å². The number of likely N-dealkylation sites (N-methyl/N-ethyl adjacent to an activating group) is 1. The van der Waals surface area contributed by atoms with E-state index in [2.05, 4.69) is 15.4 Å². The van der Waals surface area contributed by atoms with E-state index in [4.69, 9.17) is 9.47 Å². The first-order valence-corrected chi connectivity index (χ1v) is 14.2. The summed E-state index contributed by atoms with van der Waals surface area (Å²) in [6.45, 7) is 1.02. The highest BCUT2D eigenvalue weighted by atomic mass is 19.4. The maximum atomic E-state index is 15.3. The SMILES string of the molecule is CNC1(COc2ccc(/C(=C(/CC(F)(F)F)c3ccccc3)c3ccc4c(c3)c(F)nn4C3CCCCO3)cn2)CC1. The van der Waals surface area contributed by atoms with Crippen molar-refractivity contribution in [1.82, 2.24) is 20.1 Å². The topological polar surface area (TPSA) is 61.2 Å². The summed E-state index contributed by atoms with van der Waals surface area (Å²) >= 11 is 0. The second kappa shape index (κ2) is 11.5. The highest BCUT2D eigenvalue weighted by molar-refractivity contribution is 6.00. The smallest absolute Gasteiger partial charge is 0.393 e. The van der Waals surface area contributed by atoms with Crippen molar-refractivity contribution >= 4 is 22.0 Å². The fourth-order valence-electron chi connectivity index (χ4n) is 5.53. The van der Waals surface area contributed by atoms with Crippen LogP contribution in [0, 0.1) is 5.95 Å². The first-order chi connectivity index (χ1) is 20.3. The lowest BCUT2D eigenvalue weighted by Gasteiger charge is -2.23. The lowest BCUT2D eigenvalue weighted by molar-refractivity contribution is -0.122. The van der Waals surface area contributed by atoms with Gasteiger partial charge in [-0.2, -0.15) is 17.6 Å². The molecule has 2 aromatic carbocycles. The number of halogens is 4. The molecule has 1 unspecified atom stereocenters. The molecule has 6 nitrogen and oxygen atoms in total. The highest BCUT2D eigenvalue weighted by Crippen LogP contribution is 2.41. The fraction of sp³-hybridized carbons (Fsp3) is 0.375. The second-order valence-corrected chi connectivity index (χ2v) is 11.0. The number of rotatable bonds is 9. The summed E-state index contributed by atoms with van der Waals surface area (Å²) in [5, 5.41) is 7.58. The Kier molecular flexibility index (Phi) is 7.76. The zero-order chi connectivity index (χ0) is 29.3. The van der Waals surface area contributed by atoms with Gasteiger partial charge in [0.25, 0.3) is 0 Å². The summed E-state index contributed by atoms with van der Waals surface area (Å²) < 4.78 is 70.7. The van der Waals surface area contributed by atoms with Crippen LogP contribution in [0.2, 0.25) is 0 Å². The standard InChI is InChI=1S/C32H32F4N4O2/c1-37-31(14-15-31)20-42-27-13-11-23(19-38-27)29(25(18-32(34,35)36)21-7-3-2-4-8-21)22-10-12-26-24(17-22)30(33)39-40(26)28-9-5-6-16-41-28/h2-4,7-8,10-13,17,19,28,37H,5-6,9,14-16,18,20H2,1H3/b29-25-. The van der Waals surface area contributed by atoms with Crippen LogP contribution in [-0.2, 0) is 4.74 Å². The van der Waals surface area contributed by atoms with Crippen molar-refractivity contribution in [3.05, 3.63) is 89.5 Å². The van der Waals surface area contributed by atoms with Gasteiger partial charge in [-0.1, -0.05) is 36.4 Å². The Morgan fingerprint density at radius 3 is 2.48 bits per heavy atom. The average Bonchev–Trinajstić information content (AvgIpc) is 3.72. The van der Waals surface area contributed by atoms with Crippen molar-refractivity contribution in [2.24, 2.45) is 0 Å². The molecule has 2 aromatic heterocycles. The number of aromatic nitrogens is 3. The summed E-state index contributed by atoms with van der Waals surface area (Å²) in [5.41, 5.74) is 2.16. The number of hydrogen-bond donors (Lipinski definition) is 1. The molecule has 2 fully saturated rings. The van der Waals surface area contributed by atoms with Gasteiger partial charge in [-0.3, -0.25) is 0 Å². The van der Waals surface area contributed by atoms with E-state index >= 15 is 4.39 Å². The lowest BCUT2D eigenvalue weighted by atomic mass is 9.88. The number of ether oxygens (including phenoxy) is 2. The van der Waals surface area contributed by atoms with Crippen molar-refractivity contribution in [1.29, 1.82) is 0 Å². The molecule has 1 saturated heterocycles. The average molecular weight is 581 g/mol. The molecular weight excluding hydrogens is 548 g/mol. The Hall–Kier alpha value is -3.76. The predicted molar refractivity (Wildman–Crippen MR) is 152 cm³/mol. The first kappa shape index (κ1) is 28.4. The van der Waals surface area contributed by atoms with Crippen molar-refractivity contribution in [2.45, 2.75) is 56.5 Å². The van der Waals surface area contributed by atoms with E-state index in [0.717, 1.165) is 25.7 Å². The van der Waals surface area contributed by atoms with Gasteiger partial charge < -0.3 is 14.8 Å². The molecule has 6 rings (SSSR count). The van der Waals surface area contributed by atoms with E-state index in [9.17, 15) is 13.2 Å². The van der Waals surface area contributed by atoms with Crippen LogP contribution in [0.25, 0.3) is 22.0 Å². The van der Waals surface area contributed by atoms with Gasteiger partial charge in [-0.15, -0.1) is 5.10 Å². The van der Waals surface area contributed by atoms with Crippen LogP contribution >= 0.6 is 0 Å². The molecule has 0 amide bonds. The van der Waals surface area contributed by atoms with Gasteiger partial charge in [-0.25, -0.2) is 9.67 Å². The minimum atomic E-state index is -4.49. The maximum Gasteiger partial charge on any atom is 0.393 e. The second-order valence-electron chi connectivity index (χ2n) is 11.0. The summed E-state index contributed by atoms with van der Waals surface area (Å²) in [6.07, 6.45) is 0.0775. The number of fused-ring (bicyclic) bond motifs is 1.